The van der Waals surface area contributed by atoms with Crippen LogP contribution in [0.5, 0.6) is 5.75 Å². The van der Waals surface area contributed by atoms with Gasteiger partial charge in [0.2, 0.25) is 0 Å². The number of aromatic amines is 1. The summed E-state index contributed by atoms with van der Waals surface area (Å²) in [6.07, 6.45) is 3.31. The molecule has 0 amide bonds. The van der Waals surface area contributed by atoms with E-state index in [0.29, 0.717) is 6.61 Å². The number of aromatic nitrogens is 4. The number of hydrogen-bond acceptors (Lipinski definition) is 4. The van der Waals surface area contributed by atoms with Gasteiger partial charge in [0.05, 0.1) is 24.5 Å². The molecule has 2 heterocycles. The molecule has 2 aromatic heterocycles. The number of nitrogens with zero attached hydrogens (tertiary/aromatic N) is 3. The molecule has 5 nitrogen and oxygen atoms in total. The predicted molar refractivity (Wildman–Crippen MR) is 68.3 cm³/mol. The first kappa shape index (κ1) is 10.7. The number of H-pyrrole nitrogens is 1. The fraction of sp³-hybridized carbons (Fsp3) is 0.154. The fourth-order valence-corrected chi connectivity index (χ4v) is 1.79. The maximum Gasteiger partial charge on any atom is 0.138 e. The Bertz CT molecular complexity index is 627. The molecular weight excluding hydrogens is 228 g/mol. The molecule has 0 aliphatic carbocycles. The van der Waals surface area contributed by atoms with Gasteiger partial charge < -0.3 is 9.72 Å². The summed E-state index contributed by atoms with van der Waals surface area (Å²) < 4.78 is 5.41. The van der Waals surface area contributed by atoms with E-state index in [0.717, 1.165) is 28.2 Å². The van der Waals surface area contributed by atoms with Crippen molar-refractivity contribution < 1.29 is 4.74 Å². The largest absolute Gasteiger partial charge is 0.494 e. The number of nitrogens with one attached hydrogen (secondary N) is 1. The van der Waals surface area contributed by atoms with Gasteiger partial charge >= 0.3 is 0 Å². The molecule has 0 radical (unpaired) electrons. The van der Waals surface area contributed by atoms with Crippen molar-refractivity contribution in [2.75, 3.05) is 6.61 Å². The summed E-state index contributed by atoms with van der Waals surface area (Å²) in [5, 5.41) is 7.62. The Morgan fingerprint density at radius 1 is 1.11 bits per heavy atom. The molecule has 1 aromatic carbocycles. The van der Waals surface area contributed by atoms with Gasteiger partial charge in [-0.05, 0) is 31.2 Å². The van der Waals surface area contributed by atoms with Crippen molar-refractivity contribution in [1.29, 1.82) is 0 Å². The second-order valence-corrected chi connectivity index (χ2v) is 3.83. The molecule has 0 fully saturated rings. The zero-order valence-corrected chi connectivity index (χ0v) is 9.92. The zero-order chi connectivity index (χ0) is 12.4. The lowest BCUT2D eigenvalue weighted by Gasteiger charge is -2.02. The van der Waals surface area contributed by atoms with Crippen LogP contribution in [0.4, 0.5) is 0 Å². The van der Waals surface area contributed by atoms with E-state index in [9.17, 15) is 0 Å². The van der Waals surface area contributed by atoms with E-state index in [1.165, 1.54) is 0 Å². The highest BCUT2D eigenvalue weighted by Crippen LogP contribution is 2.22. The molecule has 0 aliphatic rings. The number of fused-ring (bicyclic) bond motifs is 1. The third-order valence-electron chi connectivity index (χ3n) is 2.63. The first-order valence-electron chi connectivity index (χ1n) is 5.76. The Hall–Kier alpha value is -2.43. The van der Waals surface area contributed by atoms with E-state index in [4.69, 9.17) is 4.74 Å². The van der Waals surface area contributed by atoms with Crippen molar-refractivity contribution in [2.24, 2.45) is 0 Å². The molecule has 90 valence electrons. The summed E-state index contributed by atoms with van der Waals surface area (Å²) >= 11 is 0. The highest BCUT2D eigenvalue weighted by atomic mass is 16.5. The Morgan fingerprint density at radius 2 is 1.89 bits per heavy atom. The van der Waals surface area contributed by atoms with E-state index in [1.807, 2.05) is 31.2 Å². The molecular formula is C13H12N4O. The van der Waals surface area contributed by atoms with Crippen molar-refractivity contribution in [3.05, 3.63) is 36.7 Å². The van der Waals surface area contributed by atoms with Crippen LogP contribution in [0.1, 0.15) is 6.92 Å². The molecule has 0 spiro atoms. The van der Waals surface area contributed by atoms with Gasteiger partial charge in [0, 0.05) is 5.56 Å². The molecule has 0 saturated heterocycles. The van der Waals surface area contributed by atoms with Crippen molar-refractivity contribution in [3.63, 3.8) is 0 Å². The highest BCUT2D eigenvalue weighted by molar-refractivity contribution is 5.77. The van der Waals surface area contributed by atoms with Gasteiger partial charge in [-0.1, -0.05) is 0 Å². The summed E-state index contributed by atoms with van der Waals surface area (Å²) in [5.74, 6) is 1.67. The molecule has 3 rings (SSSR count). The van der Waals surface area contributed by atoms with Gasteiger partial charge in [0.15, 0.2) is 0 Å². The SMILES string of the molecule is CCOc1ccc(-c2nc3cnncc3[nH]2)cc1. The molecule has 5 heteroatoms. The summed E-state index contributed by atoms with van der Waals surface area (Å²) in [5.41, 5.74) is 2.71. The van der Waals surface area contributed by atoms with Crippen LogP contribution in [0.15, 0.2) is 36.7 Å². The van der Waals surface area contributed by atoms with Crippen LogP contribution in [-0.2, 0) is 0 Å². The van der Waals surface area contributed by atoms with E-state index < -0.39 is 0 Å². The van der Waals surface area contributed by atoms with Crippen molar-refractivity contribution in [1.82, 2.24) is 20.2 Å². The van der Waals surface area contributed by atoms with Crippen molar-refractivity contribution in [2.45, 2.75) is 6.92 Å². The Kier molecular flexibility index (Phi) is 2.64. The van der Waals surface area contributed by atoms with Crippen LogP contribution in [0, 0.1) is 0 Å². The van der Waals surface area contributed by atoms with Crippen molar-refractivity contribution in [3.8, 4) is 17.1 Å². The Balaban J connectivity index is 1.98. The lowest BCUT2D eigenvalue weighted by atomic mass is 10.2. The number of rotatable bonds is 3. The van der Waals surface area contributed by atoms with Crippen LogP contribution in [0.25, 0.3) is 22.4 Å². The summed E-state index contributed by atoms with van der Waals surface area (Å²) in [7, 11) is 0. The molecule has 0 aliphatic heterocycles. The zero-order valence-electron chi connectivity index (χ0n) is 9.92. The van der Waals surface area contributed by atoms with Crippen molar-refractivity contribution >= 4 is 11.0 Å². The van der Waals surface area contributed by atoms with Crippen LogP contribution in [-0.4, -0.2) is 26.8 Å². The second-order valence-electron chi connectivity index (χ2n) is 3.83. The summed E-state index contributed by atoms with van der Waals surface area (Å²) in [6.45, 7) is 2.63. The van der Waals surface area contributed by atoms with Gasteiger partial charge in [0.25, 0.3) is 0 Å². The number of imidazole rings is 1. The third-order valence-corrected chi connectivity index (χ3v) is 2.63. The average Bonchev–Trinajstić information content (AvgIpc) is 2.84. The summed E-state index contributed by atoms with van der Waals surface area (Å²) in [4.78, 5) is 7.67. The second kappa shape index (κ2) is 4.44. The van der Waals surface area contributed by atoms with Crippen LogP contribution < -0.4 is 4.74 Å². The molecule has 1 N–H and O–H groups in total. The number of hydrogen-bond donors (Lipinski definition) is 1. The molecule has 3 aromatic rings. The summed E-state index contributed by atoms with van der Waals surface area (Å²) in [6, 6.07) is 7.82. The first-order valence-corrected chi connectivity index (χ1v) is 5.76. The van der Waals surface area contributed by atoms with Gasteiger partial charge in [-0.3, -0.25) is 0 Å². The normalized spacial score (nSPS) is 10.7. The number of benzene rings is 1. The third kappa shape index (κ3) is 1.90. The monoisotopic (exact) mass is 240 g/mol. The van der Waals surface area contributed by atoms with Crippen LogP contribution in [0.2, 0.25) is 0 Å². The minimum Gasteiger partial charge on any atom is -0.494 e. The minimum absolute atomic E-state index is 0.668. The van der Waals surface area contributed by atoms with E-state index >= 15 is 0 Å². The highest BCUT2D eigenvalue weighted by Gasteiger charge is 2.05. The van der Waals surface area contributed by atoms with Gasteiger partial charge in [-0.25, -0.2) is 4.98 Å². The number of ether oxygens (including phenoxy) is 1. The van der Waals surface area contributed by atoms with Gasteiger partial charge in [0.1, 0.15) is 17.1 Å². The topological polar surface area (TPSA) is 63.7 Å². The van der Waals surface area contributed by atoms with Gasteiger partial charge in [-0.2, -0.15) is 10.2 Å². The Labute approximate surface area is 104 Å². The van der Waals surface area contributed by atoms with E-state index in [-0.39, 0.29) is 0 Å². The Morgan fingerprint density at radius 3 is 2.61 bits per heavy atom. The maximum absolute atomic E-state index is 5.41. The molecule has 0 unspecified atom stereocenters. The maximum atomic E-state index is 5.41. The molecule has 0 saturated carbocycles. The molecule has 0 atom stereocenters. The standard InChI is InChI=1S/C13H12N4O/c1-2-18-10-5-3-9(4-6-10)13-16-11-7-14-15-8-12(11)17-13/h3-8H,2H2,1H3,(H,16,17). The predicted octanol–water partition coefficient (Wildman–Crippen LogP) is 2.42. The van der Waals surface area contributed by atoms with Crippen LogP contribution in [0.3, 0.4) is 0 Å². The quantitative estimate of drug-likeness (QED) is 0.763. The fourth-order valence-electron chi connectivity index (χ4n) is 1.79. The van der Waals surface area contributed by atoms with Crippen LogP contribution >= 0.6 is 0 Å². The minimum atomic E-state index is 0.668. The lowest BCUT2D eigenvalue weighted by Crippen LogP contribution is -1.90. The smallest absolute Gasteiger partial charge is 0.138 e. The first-order chi connectivity index (χ1) is 8.86. The molecule has 18 heavy (non-hydrogen) atoms. The molecule has 0 bridgehead atoms. The van der Waals surface area contributed by atoms with Gasteiger partial charge in [-0.15, -0.1) is 0 Å². The average molecular weight is 240 g/mol. The van der Waals surface area contributed by atoms with E-state index in [1.54, 1.807) is 12.4 Å². The van der Waals surface area contributed by atoms with E-state index in [2.05, 4.69) is 20.2 Å². The lowest BCUT2D eigenvalue weighted by molar-refractivity contribution is 0.340.